The van der Waals surface area contributed by atoms with E-state index in [1.54, 1.807) is 30.3 Å². The zero-order valence-electron chi connectivity index (χ0n) is 11.2. The second kappa shape index (κ2) is 6.76. The molecule has 0 aliphatic carbocycles. The number of amides is 1. The van der Waals surface area contributed by atoms with Crippen LogP contribution in [0.3, 0.4) is 0 Å². The molecule has 0 radical (unpaired) electrons. The molecule has 1 amide bonds. The van der Waals surface area contributed by atoms with E-state index in [4.69, 9.17) is 18.0 Å². The van der Waals surface area contributed by atoms with Gasteiger partial charge in [-0.3, -0.25) is 9.59 Å². The van der Waals surface area contributed by atoms with Crippen molar-refractivity contribution in [1.29, 1.82) is 0 Å². The van der Waals surface area contributed by atoms with Gasteiger partial charge in [0.1, 0.15) is 4.99 Å². The first-order valence-electron chi connectivity index (χ1n) is 6.28. The summed E-state index contributed by atoms with van der Waals surface area (Å²) in [7, 11) is 0. The van der Waals surface area contributed by atoms with E-state index in [0.29, 0.717) is 10.7 Å². The Kier molecular flexibility index (Phi) is 4.78. The predicted molar refractivity (Wildman–Crippen MR) is 84.1 cm³/mol. The van der Waals surface area contributed by atoms with Gasteiger partial charge in [0.05, 0.1) is 6.54 Å². The van der Waals surface area contributed by atoms with Crippen LogP contribution in [0.1, 0.15) is 12.0 Å². The Labute approximate surface area is 126 Å². The van der Waals surface area contributed by atoms with Crippen molar-refractivity contribution in [1.82, 2.24) is 9.78 Å². The number of nitrogens with zero attached hydrogens (tertiary/aromatic N) is 2. The molecule has 0 spiro atoms. The van der Waals surface area contributed by atoms with Crippen molar-refractivity contribution in [3.8, 4) is 0 Å². The molecule has 0 aliphatic heterocycles. The number of rotatable bonds is 5. The van der Waals surface area contributed by atoms with Crippen LogP contribution in [0.5, 0.6) is 0 Å². The molecule has 0 bridgehead atoms. The normalized spacial score (nSPS) is 10.1. The molecule has 1 heterocycles. The fourth-order valence-corrected chi connectivity index (χ4v) is 1.84. The molecule has 21 heavy (non-hydrogen) atoms. The van der Waals surface area contributed by atoms with Crippen molar-refractivity contribution in [2.24, 2.45) is 5.73 Å². The third-order valence-electron chi connectivity index (χ3n) is 2.79. The van der Waals surface area contributed by atoms with Gasteiger partial charge in [-0.15, -0.1) is 0 Å². The van der Waals surface area contributed by atoms with E-state index in [1.165, 1.54) is 16.9 Å². The number of anilines is 1. The molecular formula is C14H14N4O2S. The molecule has 2 rings (SSSR count). The molecule has 0 aliphatic rings. The van der Waals surface area contributed by atoms with Crippen LogP contribution in [0.25, 0.3) is 0 Å². The highest BCUT2D eigenvalue weighted by Gasteiger charge is 2.05. The molecule has 3 N–H and O–H groups in total. The van der Waals surface area contributed by atoms with Crippen LogP contribution in [-0.2, 0) is 11.3 Å². The minimum atomic E-state index is -0.230. The summed E-state index contributed by atoms with van der Waals surface area (Å²) >= 11 is 4.85. The molecule has 1 aromatic carbocycles. The van der Waals surface area contributed by atoms with Crippen LogP contribution < -0.4 is 16.6 Å². The lowest BCUT2D eigenvalue weighted by molar-refractivity contribution is -0.116. The van der Waals surface area contributed by atoms with Gasteiger partial charge >= 0.3 is 0 Å². The maximum Gasteiger partial charge on any atom is 0.266 e. The zero-order valence-corrected chi connectivity index (χ0v) is 12.0. The summed E-state index contributed by atoms with van der Waals surface area (Å²) in [6, 6.07) is 9.88. The van der Waals surface area contributed by atoms with E-state index in [1.807, 2.05) is 0 Å². The van der Waals surface area contributed by atoms with Gasteiger partial charge in [0.2, 0.25) is 5.91 Å². The summed E-state index contributed by atoms with van der Waals surface area (Å²) in [5.41, 5.74) is 6.65. The standard InChI is InChI=1S/C14H14N4O2S/c15-14(21)10-3-5-11(6-4-10)17-12(19)7-9-18-13(20)2-1-8-16-18/h1-6,8H,7,9H2,(H2,15,21)(H,17,19). The number of benzene rings is 1. The van der Waals surface area contributed by atoms with Gasteiger partial charge in [0, 0.05) is 29.9 Å². The first kappa shape index (κ1) is 14.9. The van der Waals surface area contributed by atoms with Gasteiger partial charge in [-0.05, 0) is 30.3 Å². The molecule has 1 aromatic heterocycles. The number of aryl methyl sites for hydroxylation is 1. The summed E-state index contributed by atoms with van der Waals surface area (Å²) in [6.45, 7) is 0.233. The smallest absolute Gasteiger partial charge is 0.266 e. The van der Waals surface area contributed by atoms with Crippen molar-refractivity contribution in [3.05, 3.63) is 58.5 Å². The molecule has 0 fully saturated rings. The van der Waals surface area contributed by atoms with E-state index in [-0.39, 0.29) is 24.4 Å². The van der Waals surface area contributed by atoms with Crippen LogP contribution in [0.4, 0.5) is 5.69 Å². The number of nitrogens with one attached hydrogen (secondary N) is 1. The average Bonchev–Trinajstić information content (AvgIpc) is 2.47. The Balaban J connectivity index is 1.91. The van der Waals surface area contributed by atoms with Gasteiger partial charge < -0.3 is 11.1 Å². The highest BCUT2D eigenvalue weighted by molar-refractivity contribution is 7.80. The van der Waals surface area contributed by atoms with Gasteiger partial charge in [-0.2, -0.15) is 5.10 Å². The van der Waals surface area contributed by atoms with E-state index in [0.717, 1.165) is 5.56 Å². The number of hydrogen-bond acceptors (Lipinski definition) is 4. The lowest BCUT2D eigenvalue weighted by atomic mass is 10.2. The Bertz CT molecular complexity index is 709. The molecule has 0 atom stereocenters. The van der Waals surface area contributed by atoms with Crippen molar-refractivity contribution in [2.75, 3.05) is 5.32 Å². The molecule has 6 nitrogen and oxygen atoms in total. The molecule has 0 saturated heterocycles. The third-order valence-corrected chi connectivity index (χ3v) is 3.02. The summed E-state index contributed by atoms with van der Waals surface area (Å²) < 4.78 is 1.25. The number of thiocarbonyl (C=S) groups is 1. The van der Waals surface area contributed by atoms with E-state index in [2.05, 4.69) is 10.4 Å². The van der Waals surface area contributed by atoms with Crippen molar-refractivity contribution < 1.29 is 4.79 Å². The van der Waals surface area contributed by atoms with Gasteiger partial charge in [-0.1, -0.05) is 12.2 Å². The molecular weight excluding hydrogens is 288 g/mol. The third kappa shape index (κ3) is 4.22. The number of hydrogen-bond donors (Lipinski definition) is 2. The van der Waals surface area contributed by atoms with Gasteiger partial charge in [-0.25, -0.2) is 4.68 Å². The first-order valence-corrected chi connectivity index (χ1v) is 6.69. The van der Waals surface area contributed by atoms with Crippen molar-refractivity contribution >= 4 is 28.8 Å². The molecule has 0 unspecified atom stereocenters. The van der Waals surface area contributed by atoms with E-state index in [9.17, 15) is 9.59 Å². The SMILES string of the molecule is NC(=S)c1ccc(NC(=O)CCn2ncccc2=O)cc1. The van der Waals surface area contributed by atoms with E-state index < -0.39 is 0 Å². The average molecular weight is 302 g/mol. The maximum atomic E-state index is 11.8. The number of nitrogens with two attached hydrogens (primary N) is 1. The number of carbonyl (C=O) groups is 1. The highest BCUT2D eigenvalue weighted by atomic mass is 32.1. The molecule has 108 valence electrons. The minimum absolute atomic E-state index is 0.161. The summed E-state index contributed by atoms with van der Waals surface area (Å²) in [6.07, 6.45) is 1.67. The fourth-order valence-electron chi connectivity index (χ4n) is 1.70. The Morgan fingerprint density at radius 3 is 2.62 bits per heavy atom. The second-order valence-electron chi connectivity index (χ2n) is 4.32. The first-order chi connectivity index (χ1) is 10.1. The molecule has 7 heteroatoms. The van der Waals surface area contributed by atoms with Gasteiger partial charge in [0.25, 0.3) is 5.56 Å². The van der Waals surface area contributed by atoms with Crippen LogP contribution in [0.2, 0.25) is 0 Å². The lowest BCUT2D eigenvalue weighted by Gasteiger charge is -2.07. The second-order valence-corrected chi connectivity index (χ2v) is 4.76. The number of aromatic nitrogens is 2. The summed E-state index contributed by atoms with van der Waals surface area (Å²) in [4.78, 5) is 23.6. The minimum Gasteiger partial charge on any atom is -0.389 e. The Morgan fingerprint density at radius 2 is 2.00 bits per heavy atom. The summed E-state index contributed by atoms with van der Waals surface area (Å²) in [5.74, 6) is -0.198. The van der Waals surface area contributed by atoms with Crippen molar-refractivity contribution in [2.45, 2.75) is 13.0 Å². The van der Waals surface area contributed by atoms with E-state index >= 15 is 0 Å². The Morgan fingerprint density at radius 1 is 1.29 bits per heavy atom. The Hall–Kier alpha value is -2.54. The molecule has 2 aromatic rings. The predicted octanol–water partition coefficient (Wildman–Crippen LogP) is 0.906. The zero-order chi connectivity index (χ0) is 15.2. The number of carbonyl (C=O) groups excluding carboxylic acids is 1. The maximum absolute atomic E-state index is 11.8. The van der Waals surface area contributed by atoms with Gasteiger partial charge in [0.15, 0.2) is 0 Å². The van der Waals surface area contributed by atoms with Crippen LogP contribution in [-0.4, -0.2) is 20.7 Å². The van der Waals surface area contributed by atoms with Crippen LogP contribution >= 0.6 is 12.2 Å². The van der Waals surface area contributed by atoms with Crippen LogP contribution in [0.15, 0.2) is 47.4 Å². The quantitative estimate of drug-likeness (QED) is 0.801. The topological polar surface area (TPSA) is 90.0 Å². The largest absolute Gasteiger partial charge is 0.389 e. The lowest BCUT2D eigenvalue weighted by Crippen LogP contribution is -2.24. The highest BCUT2D eigenvalue weighted by Crippen LogP contribution is 2.09. The fraction of sp³-hybridized carbons (Fsp3) is 0.143. The van der Waals surface area contributed by atoms with Crippen molar-refractivity contribution in [3.63, 3.8) is 0 Å². The van der Waals surface area contributed by atoms with Crippen LogP contribution in [0, 0.1) is 0 Å². The molecule has 0 saturated carbocycles. The summed E-state index contributed by atoms with van der Waals surface area (Å²) in [5, 5.41) is 6.62. The monoisotopic (exact) mass is 302 g/mol.